The number of likely N-dealkylation sites (tertiary alicyclic amines) is 1. The van der Waals surface area contributed by atoms with Crippen LogP contribution >= 0.6 is 0 Å². The van der Waals surface area contributed by atoms with Crippen LogP contribution in [0.25, 0.3) is 0 Å². The Morgan fingerprint density at radius 1 is 1.07 bits per heavy atom. The molecule has 27 heavy (non-hydrogen) atoms. The zero-order chi connectivity index (χ0) is 19.4. The summed E-state index contributed by atoms with van der Waals surface area (Å²) in [6, 6.07) is 13.7. The Hall–Kier alpha value is -1.96. The Labute approximate surface area is 160 Å². The van der Waals surface area contributed by atoms with Crippen molar-refractivity contribution in [3.63, 3.8) is 0 Å². The van der Waals surface area contributed by atoms with E-state index in [0.29, 0.717) is 0 Å². The van der Waals surface area contributed by atoms with E-state index in [1.54, 1.807) is 0 Å². The van der Waals surface area contributed by atoms with Crippen LogP contribution in [0.1, 0.15) is 24.4 Å². The third-order valence-corrected chi connectivity index (χ3v) is 6.61. The van der Waals surface area contributed by atoms with Gasteiger partial charge < -0.3 is 9.80 Å². The van der Waals surface area contributed by atoms with Crippen LogP contribution in [-0.2, 0) is 10.0 Å². The van der Waals surface area contributed by atoms with Gasteiger partial charge in [-0.05, 0) is 24.3 Å². The maximum atomic E-state index is 13.9. The van der Waals surface area contributed by atoms with E-state index in [9.17, 15) is 12.8 Å². The van der Waals surface area contributed by atoms with E-state index in [1.165, 1.54) is 23.1 Å². The minimum atomic E-state index is -3.89. The van der Waals surface area contributed by atoms with E-state index < -0.39 is 15.8 Å². The van der Waals surface area contributed by atoms with Crippen molar-refractivity contribution in [2.24, 2.45) is 0 Å². The van der Waals surface area contributed by atoms with Crippen molar-refractivity contribution in [1.82, 2.24) is 4.72 Å². The molecule has 2 N–H and O–H groups in total. The molecule has 1 aliphatic heterocycles. The van der Waals surface area contributed by atoms with Gasteiger partial charge in [-0.25, -0.2) is 17.5 Å². The quantitative estimate of drug-likeness (QED) is 0.753. The zero-order valence-corrected chi connectivity index (χ0v) is 16.6. The molecule has 2 aromatic carbocycles. The molecular formula is C20H27FN3O2S+. The molecule has 1 aliphatic rings. The van der Waals surface area contributed by atoms with Crippen molar-refractivity contribution in [1.29, 1.82) is 0 Å². The molecule has 0 bridgehead atoms. The summed E-state index contributed by atoms with van der Waals surface area (Å²) >= 11 is 0. The van der Waals surface area contributed by atoms with Gasteiger partial charge >= 0.3 is 0 Å². The molecule has 3 rings (SSSR count). The Balaban J connectivity index is 1.81. The largest absolute Gasteiger partial charge is 0.378 e. The number of anilines is 1. The summed E-state index contributed by atoms with van der Waals surface area (Å²) in [4.78, 5) is 3.09. The molecule has 0 saturated carbocycles. The van der Waals surface area contributed by atoms with Gasteiger partial charge in [-0.15, -0.1) is 0 Å². The Bertz CT molecular complexity index is 863. The van der Waals surface area contributed by atoms with Gasteiger partial charge in [0.15, 0.2) is 0 Å². The van der Waals surface area contributed by atoms with E-state index >= 15 is 0 Å². The van der Waals surface area contributed by atoms with Gasteiger partial charge in [-0.2, -0.15) is 0 Å². The third kappa shape index (κ3) is 4.66. The normalized spacial score (nSPS) is 16.4. The number of nitrogens with zero attached hydrogens (tertiary/aromatic N) is 1. The molecule has 0 spiro atoms. The summed E-state index contributed by atoms with van der Waals surface area (Å²) in [6.45, 7) is 2.27. The summed E-state index contributed by atoms with van der Waals surface area (Å²) < 4.78 is 41.7. The van der Waals surface area contributed by atoms with Crippen molar-refractivity contribution in [3.8, 4) is 0 Å². The highest BCUT2D eigenvalue weighted by atomic mass is 32.2. The first-order chi connectivity index (χ1) is 12.9. The van der Waals surface area contributed by atoms with Gasteiger partial charge in [0, 0.05) is 38.2 Å². The summed E-state index contributed by atoms with van der Waals surface area (Å²) in [5.41, 5.74) is 2.19. The first kappa shape index (κ1) is 19.8. The molecule has 2 aromatic rings. The molecular weight excluding hydrogens is 365 g/mol. The lowest BCUT2D eigenvalue weighted by atomic mass is 10.1. The van der Waals surface area contributed by atoms with Crippen LogP contribution in [0.4, 0.5) is 10.1 Å². The van der Waals surface area contributed by atoms with Gasteiger partial charge in [0.25, 0.3) is 0 Å². The summed E-state index contributed by atoms with van der Waals surface area (Å²) in [6.07, 6.45) is 2.28. The highest BCUT2D eigenvalue weighted by molar-refractivity contribution is 7.89. The predicted octanol–water partition coefficient (Wildman–Crippen LogP) is 1.59. The Morgan fingerprint density at radius 2 is 1.70 bits per heavy atom. The summed E-state index contributed by atoms with van der Waals surface area (Å²) in [5.74, 6) is -0.731. The first-order valence-corrected chi connectivity index (χ1v) is 10.7. The second-order valence-corrected chi connectivity index (χ2v) is 8.92. The topological polar surface area (TPSA) is 53.9 Å². The van der Waals surface area contributed by atoms with Gasteiger partial charge in [-0.3, -0.25) is 0 Å². The lowest BCUT2D eigenvalue weighted by Crippen LogP contribution is -3.11. The van der Waals surface area contributed by atoms with Crippen molar-refractivity contribution >= 4 is 15.7 Å². The number of hydrogen-bond acceptors (Lipinski definition) is 3. The molecule has 0 unspecified atom stereocenters. The highest BCUT2D eigenvalue weighted by Gasteiger charge is 2.29. The van der Waals surface area contributed by atoms with Crippen molar-refractivity contribution < 1.29 is 17.7 Å². The molecule has 1 saturated heterocycles. The molecule has 1 atom stereocenters. The standard InChI is InChI=1S/C20H26FN3O2S/c1-23(2)17-11-9-16(10-12-17)19(24-13-5-6-14-24)15-22-27(25,26)20-8-4-3-7-18(20)21/h3-4,7-12,19,22H,5-6,13-15H2,1-2H3/p+1/t19-/m1/s1. The van der Waals surface area contributed by atoms with E-state index in [2.05, 4.69) is 16.9 Å². The summed E-state index contributed by atoms with van der Waals surface area (Å²) in [5, 5.41) is 0. The smallest absolute Gasteiger partial charge is 0.243 e. The second kappa shape index (κ2) is 8.37. The number of halogens is 1. The minimum absolute atomic E-state index is 0.00487. The molecule has 1 heterocycles. The molecule has 0 aliphatic carbocycles. The molecule has 7 heteroatoms. The van der Waals surface area contributed by atoms with Crippen LogP contribution in [0.15, 0.2) is 53.4 Å². The monoisotopic (exact) mass is 392 g/mol. The second-order valence-electron chi connectivity index (χ2n) is 7.19. The number of nitrogens with one attached hydrogen (secondary N) is 2. The molecule has 1 fully saturated rings. The molecule has 0 radical (unpaired) electrons. The molecule has 5 nitrogen and oxygen atoms in total. The third-order valence-electron chi connectivity index (χ3n) is 5.15. The molecule has 0 amide bonds. The molecule has 146 valence electrons. The lowest BCUT2D eigenvalue weighted by molar-refractivity contribution is -0.918. The number of benzene rings is 2. The van der Waals surface area contributed by atoms with E-state index in [1.807, 2.05) is 31.1 Å². The fourth-order valence-corrected chi connectivity index (χ4v) is 4.74. The lowest BCUT2D eigenvalue weighted by Gasteiger charge is -2.26. The van der Waals surface area contributed by atoms with Crippen LogP contribution in [0.2, 0.25) is 0 Å². The van der Waals surface area contributed by atoms with Crippen LogP contribution in [0, 0.1) is 5.82 Å². The number of hydrogen-bond donors (Lipinski definition) is 2. The summed E-state index contributed by atoms with van der Waals surface area (Å²) in [7, 11) is 0.0820. The van der Waals surface area contributed by atoms with Crippen LogP contribution < -0.4 is 14.5 Å². The number of quaternary nitrogens is 1. The van der Waals surface area contributed by atoms with Gasteiger partial charge in [-0.1, -0.05) is 24.3 Å². The van der Waals surface area contributed by atoms with Crippen LogP contribution in [0.5, 0.6) is 0 Å². The fraction of sp³-hybridized carbons (Fsp3) is 0.400. The Kier molecular flexibility index (Phi) is 6.14. The first-order valence-electron chi connectivity index (χ1n) is 9.24. The van der Waals surface area contributed by atoms with Gasteiger partial charge in [0.2, 0.25) is 10.0 Å². The van der Waals surface area contributed by atoms with E-state index in [-0.39, 0.29) is 17.5 Å². The average molecular weight is 393 g/mol. The highest BCUT2D eigenvalue weighted by Crippen LogP contribution is 2.18. The zero-order valence-electron chi connectivity index (χ0n) is 15.8. The predicted molar refractivity (Wildman–Crippen MR) is 105 cm³/mol. The fourth-order valence-electron chi connectivity index (χ4n) is 3.61. The maximum absolute atomic E-state index is 13.9. The van der Waals surface area contributed by atoms with E-state index in [0.717, 1.165) is 43.2 Å². The van der Waals surface area contributed by atoms with Crippen molar-refractivity contribution in [3.05, 3.63) is 59.9 Å². The van der Waals surface area contributed by atoms with Crippen LogP contribution in [-0.4, -0.2) is 42.1 Å². The average Bonchev–Trinajstić information content (AvgIpc) is 3.17. The van der Waals surface area contributed by atoms with Gasteiger partial charge in [0.1, 0.15) is 16.8 Å². The van der Waals surface area contributed by atoms with E-state index in [4.69, 9.17) is 0 Å². The molecule has 0 aromatic heterocycles. The number of rotatable bonds is 7. The number of sulfonamides is 1. The van der Waals surface area contributed by atoms with Crippen LogP contribution in [0.3, 0.4) is 0 Å². The SMILES string of the molecule is CN(C)c1ccc([C@@H](CNS(=O)(=O)c2ccccc2F)[NH+]2CCCC2)cc1. The van der Waals surface area contributed by atoms with Crippen molar-refractivity contribution in [2.45, 2.75) is 23.8 Å². The maximum Gasteiger partial charge on any atom is 0.243 e. The van der Waals surface area contributed by atoms with Gasteiger partial charge in [0.05, 0.1) is 19.6 Å². The van der Waals surface area contributed by atoms with Crippen molar-refractivity contribution in [2.75, 3.05) is 38.6 Å². The Morgan fingerprint density at radius 3 is 2.30 bits per heavy atom. The minimum Gasteiger partial charge on any atom is -0.378 e.